The van der Waals surface area contributed by atoms with Crippen LogP contribution < -0.4 is 10.6 Å². The van der Waals surface area contributed by atoms with E-state index in [1.807, 2.05) is 13.8 Å². The van der Waals surface area contributed by atoms with Gasteiger partial charge in [-0.25, -0.2) is 4.79 Å². The zero-order chi connectivity index (χ0) is 15.1. The molecule has 0 aromatic heterocycles. The molecule has 2 amide bonds. The average Bonchev–Trinajstić information content (AvgIpc) is 2.35. The Labute approximate surface area is 121 Å². The second-order valence-electron chi connectivity index (χ2n) is 6.06. The van der Waals surface area contributed by atoms with Gasteiger partial charge in [0.05, 0.1) is 6.61 Å². The van der Waals surface area contributed by atoms with Gasteiger partial charge in [-0.2, -0.15) is 0 Å². The first-order valence-electron chi connectivity index (χ1n) is 7.67. The summed E-state index contributed by atoms with van der Waals surface area (Å²) in [6, 6.07) is -0.303. The fraction of sp³-hybridized carbons (Fsp3) is 0.867. The highest BCUT2D eigenvalue weighted by molar-refractivity contribution is 5.86. The minimum absolute atomic E-state index is 0.0282. The van der Waals surface area contributed by atoms with Gasteiger partial charge >= 0.3 is 6.09 Å². The van der Waals surface area contributed by atoms with Crippen molar-refractivity contribution in [2.24, 2.45) is 11.8 Å². The van der Waals surface area contributed by atoms with Gasteiger partial charge in [0.15, 0.2) is 0 Å². The van der Waals surface area contributed by atoms with Crippen LogP contribution in [0.2, 0.25) is 0 Å². The van der Waals surface area contributed by atoms with E-state index in [2.05, 4.69) is 17.6 Å². The summed E-state index contributed by atoms with van der Waals surface area (Å²) in [6.07, 6.45) is 3.92. The molecule has 5 heteroatoms. The molecule has 0 radical (unpaired) electrons. The summed E-state index contributed by atoms with van der Waals surface area (Å²) in [5, 5.41) is 5.71. The Morgan fingerprint density at radius 1 is 1.30 bits per heavy atom. The molecule has 3 atom stereocenters. The molecule has 1 rings (SSSR count). The Bertz CT molecular complexity index is 331. The number of carbonyl (C=O) groups excluding carboxylic acids is 2. The van der Waals surface area contributed by atoms with Crippen molar-refractivity contribution in [2.45, 2.75) is 65.5 Å². The van der Waals surface area contributed by atoms with E-state index < -0.39 is 12.1 Å². The van der Waals surface area contributed by atoms with Crippen molar-refractivity contribution in [2.75, 3.05) is 6.61 Å². The summed E-state index contributed by atoms with van der Waals surface area (Å²) in [6.45, 7) is 8.10. The lowest BCUT2D eigenvalue weighted by atomic mass is 9.87. The molecule has 0 unspecified atom stereocenters. The lowest BCUT2D eigenvalue weighted by Crippen LogP contribution is -2.52. The number of rotatable bonds is 5. The molecule has 1 saturated carbocycles. The van der Waals surface area contributed by atoms with Gasteiger partial charge in [0.1, 0.15) is 6.04 Å². The van der Waals surface area contributed by atoms with Crippen LogP contribution in [0.15, 0.2) is 0 Å². The van der Waals surface area contributed by atoms with Crippen LogP contribution >= 0.6 is 0 Å². The summed E-state index contributed by atoms with van der Waals surface area (Å²) >= 11 is 0. The first kappa shape index (κ1) is 16.8. The maximum absolute atomic E-state index is 12.3. The van der Waals surface area contributed by atoms with Gasteiger partial charge in [-0.15, -0.1) is 0 Å². The first-order valence-corrected chi connectivity index (χ1v) is 7.67. The molecule has 0 heterocycles. The molecule has 116 valence electrons. The molecule has 0 aromatic rings. The zero-order valence-electron chi connectivity index (χ0n) is 13.1. The highest BCUT2D eigenvalue weighted by Crippen LogP contribution is 2.23. The van der Waals surface area contributed by atoms with Crippen LogP contribution in [0.25, 0.3) is 0 Å². The minimum Gasteiger partial charge on any atom is -0.450 e. The van der Waals surface area contributed by atoms with Gasteiger partial charge in [-0.1, -0.05) is 33.6 Å². The monoisotopic (exact) mass is 284 g/mol. The molecular weight excluding hydrogens is 256 g/mol. The van der Waals surface area contributed by atoms with Crippen LogP contribution in [-0.2, 0) is 9.53 Å². The van der Waals surface area contributed by atoms with Crippen molar-refractivity contribution in [1.82, 2.24) is 10.6 Å². The Morgan fingerprint density at radius 2 is 2.00 bits per heavy atom. The van der Waals surface area contributed by atoms with Crippen LogP contribution in [0.5, 0.6) is 0 Å². The van der Waals surface area contributed by atoms with Gasteiger partial charge in [0.25, 0.3) is 0 Å². The SMILES string of the molecule is CCOC(=O)N[C@H](C(=O)N[C@H]1CCC[C@H](C)C1)C(C)C. The van der Waals surface area contributed by atoms with Crippen LogP contribution in [0.4, 0.5) is 4.79 Å². The maximum Gasteiger partial charge on any atom is 0.407 e. The Hall–Kier alpha value is -1.26. The molecule has 5 nitrogen and oxygen atoms in total. The summed E-state index contributed by atoms with van der Waals surface area (Å²) in [4.78, 5) is 23.8. The molecule has 0 spiro atoms. The molecule has 0 aromatic carbocycles. The van der Waals surface area contributed by atoms with E-state index in [1.54, 1.807) is 6.92 Å². The quantitative estimate of drug-likeness (QED) is 0.815. The smallest absolute Gasteiger partial charge is 0.407 e. The van der Waals surface area contributed by atoms with Gasteiger partial charge in [0, 0.05) is 6.04 Å². The van der Waals surface area contributed by atoms with Gasteiger partial charge in [-0.3, -0.25) is 4.79 Å². The second kappa shape index (κ2) is 8.12. The normalized spacial score (nSPS) is 24.1. The molecule has 0 bridgehead atoms. The predicted octanol–water partition coefficient (Wildman–Crippen LogP) is 2.45. The number of alkyl carbamates (subject to hydrolysis) is 1. The lowest BCUT2D eigenvalue weighted by molar-refractivity contribution is -0.125. The van der Waals surface area contributed by atoms with E-state index in [0.717, 1.165) is 19.3 Å². The molecule has 2 N–H and O–H groups in total. The summed E-state index contributed by atoms with van der Waals surface area (Å²) in [5.41, 5.74) is 0. The number of amides is 2. The van der Waals surface area contributed by atoms with Crippen molar-refractivity contribution in [1.29, 1.82) is 0 Å². The summed E-state index contributed by atoms with van der Waals surface area (Å²) in [7, 11) is 0. The van der Waals surface area contributed by atoms with Crippen LogP contribution in [0, 0.1) is 11.8 Å². The topological polar surface area (TPSA) is 67.4 Å². The molecule has 0 aliphatic heterocycles. The van der Waals surface area contributed by atoms with Gasteiger partial charge in [-0.05, 0) is 31.6 Å². The summed E-state index contributed by atoms with van der Waals surface area (Å²) < 4.78 is 4.85. The Kier molecular flexibility index (Phi) is 6.82. The van der Waals surface area contributed by atoms with Crippen LogP contribution in [0.1, 0.15) is 53.4 Å². The highest BCUT2D eigenvalue weighted by Gasteiger charge is 2.28. The number of nitrogens with one attached hydrogen (secondary N) is 2. The van der Waals surface area contributed by atoms with E-state index in [0.29, 0.717) is 12.5 Å². The number of ether oxygens (including phenoxy) is 1. The molecule has 0 saturated heterocycles. The standard InChI is InChI=1S/C15H28N2O3/c1-5-20-15(19)17-13(10(2)3)14(18)16-12-8-6-7-11(4)9-12/h10-13H,5-9H2,1-4H3,(H,16,18)(H,17,19)/t11-,12-,13-/m0/s1. The Balaban J connectivity index is 2.53. The van der Waals surface area contributed by atoms with Crippen LogP contribution in [0.3, 0.4) is 0 Å². The van der Waals surface area contributed by atoms with Crippen molar-refractivity contribution >= 4 is 12.0 Å². The average molecular weight is 284 g/mol. The number of carbonyl (C=O) groups is 2. The van der Waals surface area contributed by atoms with Gasteiger partial charge in [0.2, 0.25) is 5.91 Å². The fourth-order valence-electron chi connectivity index (χ4n) is 2.69. The molecule has 1 fully saturated rings. The summed E-state index contributed by atoms with van der Waals surface area (Å²) in [5.74, 6) is 0.581. The molecule has 20 heavy (non-hydrogen) atoms. The third kappa shape index (κ3) is 5.39. The van der Waals surface area contributed by atoms with Crippen molar-refractivity contribution in [3.05, 3.63) is 0 Å². The lowest BCUT2D eigenvalue weighted by Gasteiger charge is -2.30. The van der Waals surface area contributed by atoms with E-state index in [4.69, 9.17) is 4.74 Å². The second-order valence-corrected chi connectivity index (χ2v) is 6.06. The first-order chi connectivity index (χ1) is 9.43. The maximum atomic E-state index is 12.3. The third-order valence-electron chi connectivity index (χ3n) is 3.78. The third-order valence-corrected chi connectivity index (χ3v) is 3.78. The van der Waals surface area contributed by atoms with E-state index >= 15 is 0 Å². The molecule has 1 aliphatic carbocycles. The van der Waals surface area contributed by atoms with Crippen LogP contribution in [-0.4, -0.2) is 30.7 Å². The largest absolute Gasteiger partial charge is 0.450 e. The van der Waals surface area contributed by atoms with Gasteiger partial charge < -0.3 is 15.4 Å². The molecular formula is C15H28N2O3. The Morgan fingerprint density at radius 3 is 2.55 bits per heavy atom. The highest BCUT2D eigenvalue weighted by atomic mass is 16.5. The number of hydrogen-bond acceptors (Lipinski definition) is 3. The van der Waals surface area contributed by atoms with Crippen molar-refractivity contribution < 1.29 is 14.3 Å². The zero-order valence-corrected chi connectivity index (χ0v) is 13.1. The minimum atomic E-state index is -0.536. The van der Waals surface area contributed by atoms with E-state index in [9.17, 15) is 9.59 Å². The molecule has 1 aliphatic rings. The van der Waals surface area contributed by atoms with Crippen molar-refractivity contribution in [3.8, 4) is 0 Å². The van der Waals surface area contributed by atoms with E-state index in [1.165, 1.54) is 6.42 Å². The van der Waals surface area contributed by atoms with Crippen molar-refractivity contribution in [3.63, 3.8) is 0 Å². The fourth-order valence-corrected chi connectivity index (χ4v) is 2.69. The van der Waals surface area contributed by atoms with E-state index in [-0.39, 0.29) is 17.9 Å². The predicted molar refractivity (Wildman–Crippen MR) is 78.3 cm³/mol. The number of hydrogen-bond donors (Lipinski definition) is 2.